The zero-order valence-corrected chi connectivity index (χ0v) is 10.9. The van der Waals surface area contributed by atoms with Crippen molar-refractivity contribution in [2.24, 2.45) is 5.16 Å². The van der Waals surface area contributed by atoms with Crippen LogP contribution in [0.25, 0.3) is 0 Å². The summed E-state index contributed by atoms with van der Waals surface area (Å²) in [6.45, 7) is 6.47. The SMILES string of the molecule is CNC(=O)ON=CC1(C)SC(C)C(C)S1. The molecule has 0 aromatic rings. The van der Waals surface area contributed by atoms with Crippen molar-refractivity contribution in [1.29, 1.82) is 0 Å². The van der Waals surface area contributed by atoms with Gasteiger partial charge in [-0.05, 0) is 6.92 Å². The van der Waals surface area contributed by atoms with Gasteiger partial charge in [-0.2, -0.15) is 0 Å². The Morgan fingerprint density at radius 1 is 1.47 bits per heavy atom. The van der Waals surface area contributed by atoms with Crippen LogP contribution in [-0.2, 0) is 4.84 Å². The second-order valence-corrected chi connectivity index (χ2v) is 7.44. The number of nitrogens with one attached hydrogen (secondary N) is 1. The van der Waals surface area contributed by atoms with Gasteiger partial charge in [-0.3, -0.25) is 4.84 Å². The second-order valence-electron chi connectivity index (χ2n) is 3.53. The van der Waals surface area contributed by atoms with Gasteiger partial charge in [0.15, 0.2) is 0 Å². The zero-order chi connectivity index (χ0) is 11.5. The van der Waals surface area contributed by atoms with E-state index in [1.54, 1.807) is 6.21 Å². The highest BCUT2D eigenvalue weighted by Gasteiger charge is 2.38. The fourth-order valence-electron chi connectivity index (χ4n) is 1.23. The third-order valence-electron chi connectivity index (χ3n) is 2.13. The molecule has 2 unspecified atom stereocenters. The van der Waals surface area contributed by atoms with Gasteiger partial charge in [0.05, 0.1) is 10.3 Å². The van der Waals surface area contributed by atoms with Crippen molar-refractivity contribution >= 4 is 35.8 Å². The Labute approximate surface area is 98.6 Å². The van der Waals surface area contributed by atoms with E-state index in [9.17, 15) is 4.79 Å². The summed E-state index contributed by atoms with van der Waals surface area (Å²) in [6, 6.07) is 0. The van der Waals surface area contributed by atoms with E-state index in [0.29, 0.717) is 10.5 Å². The summed E-state index contributed by atoms with van der Waals surface area (Å²) in [6.07, 6.45) is 1.15. The normalized spacial score (nSPS) is 35.7. The highest BCUT2D eigenvalue weighted by molar-refractivity contribution is 8.22. The van der Waals surface area contributed by atoms with Gasteiger partial charge in [-0.15, -0.1) is 23.5 Å². The maximum absolute atomic E-state index is 10.8. The van der Waals surface area contributed by atoms with E-state index < -0.39 is 6.09 Å². The molecule has 0 aromatic carbocycles. The molecule has 1 N–H and O–H groups in total. The average molecular weight is 248 g/mol. The lowest BCUT2D eigenvalue weighted by atomic mass is 10.4. The first-order valence-corrected chi connectivity index (χ1v) is 6.51. The van der Waals surface area contributed by atoms with E-state index >= 15 is 0 Å². The van der Waals surface area contributed by atoms with Crippen molar-refractivity contribution in [1.82, 2.24) is 5.32 Å². The Balaban J connectivity index is 2.47. The molecular formula is C9H16N2O2S2. The van der Waals surface area contributed by atoms with E-state index in [2.05, 4.69) is 36.1 Å². The van der Waals surface area contributed by atoms with Gasteiger partial charge in [-0.1, -0.05) is 19.0 Å². The summed E-state index contributed by atoms with van der Waals surface area (Å²) < 4.78 is -0.0904. The molecule has 0 spiro atoms. The standard InChI is InChI=1S/C9H16N2O2S2/c1-6-7(2)15-9(3,14-6)5-11-13-8(12)10-4/h5-7H,1-4H3,(H,10,12). The predicted molar refractivity (Wildman–Crippen MR) is 66.5 cm³/mol. The minimum absolute atomic E-state index is 0.0904. The number of hydrogen-bond acceptors (Lipinski definition) is 5. The number of carbonyl (C=O) groups is 1. The molecule has 1 amide bonds. The summed E-state index contributed by atoms with van der Waals surface area (Å²) in [5.41, 5.74) is 0. The number of nitrogens with zero attached hydrogens (tertiary/aromatic N) is 1. The smallest absolute Gasteiger partial charge is 0.323 e. The third-order valence-corrected chi connectivity index (χ3v) is 5.58. The summed E-state index contributed by atoms with van der Waals surface area (Å²) in [4.78, 5) is 15.3. The van der Waals surface area contributed by atoms with E-state index in [1.165, 1.54) is 7.05 Å². The molecule has 0 saturated carbocycles. The number of amides is 1. The lowest BCUT2D eigenvalue weighted by Gasteiger charge is -2.15. The maximum Gasteiger partial charge on any atom is 0.433 e. The molecule has 0 bridgehead atoms. The summed E-state index contributed by atoms with van der Waals surface area (Å²) in [7, 11) is 1.50. The van der Waals surface area contributed by atoms with Crippen LogP contribution in [0, 0.1) is 0 Å². The molecular weight excluding hydrogens is 232 g/mol. The van der Waals surface area contributed by atoms with E-state index in [4.69, 9.17) is 0 Å². The number of rotatable bonds is 2. The van der Waals surface area contributed by atoms with Gasteiger partial charge >= 0.3 is 6.09 Å². The predicted octanol–water partition coefficient (Wildman–Crippen LogP) is 2.30. The van der Waals surface area contributed by atoms with Gasteiger partial charge in [0.25, 0.3) is 0 Å². The van der Waals surface area contributed by atoms with Crippen molar-refractivity contribution in [3.8, 4) is 0 Å². The molecule has 2 atom stereocenters. The fourth-order valence-corrected chi connectivity index (χ4v) is 4.77. The molecule has 1 saturated heterocycles. The number of thioether (sulfide) groups is 2. The van der Waals surface area contributed by atoms with E-state index in [1.807, 2.05) is 23.5 Å². The molecule has 0 aliphatic carbocycles. The first-order valence-electron chi connectivity index (χ1n) is 4.76. The minimum atomic E-state index is -0.538. The molecule has 0 radical (unpaired) electrons. The molecule has 1 aliphatic rings. The Hall–Kier alpha value is -0.360. The van der Waals surface area contributed by atoms with Crippen LogP contribution in [0.4, 0.5) is 4.79 Å². The number of oxime groups is 1. The highest BCUT2D eigenvalue weighted by Crippen LogP contribution is 2.50. The van der Waals surface area contributed by atoms with Crippen LogP contribution in [0.2, 0.25) is 0 Å². The molecule has 1 fully saturated rings. The molecule has 1 aliphatic heterocycles. The maximum atomic E-state index is 10.8. The zero-order valence-electron chi connectivity index (χ0n) is 9.31. The Morgan fingerprint density at radius 2 is 2.00 bits per heavy atom. The molecule has 15 heavy (non-hydrogen) atoms. The van der Waals surface area contributed by atoms with Crippen molar-refractivity contribution in [3.63, 3.8) is 0 Å². The first kappa shape index (κ1) is 12.7. The molecule has 6 heteroatoms. The lowest BCUT2D eigenvalue weighted by molar-refractivity contribution is 0.153. The van der Waals surface area contributed by atoms with E-state index in [-0.39, 0.29) is 4.08 Å². The summed E-state index contributed by atoms with van der Waals surface area (Å²) in [5, 5.41) is 7.20. The molecule has 1 rings (SSSR count). The minimum Gasteiger partial charge on any atom is -0.323 e. The number of carbonyl (C=O) groups excluding carboxylic acids is 1. The van der Waals surface area contributed by atoms with Crippen LogP contribution in [0.3, 0.4) is 0 Å². The van der Waals surface area contributed by atoms with Crippen molar-refractivity contribution in [2.45, 2.75) is 35.4 Å². The molecule has 1 heterocycles. The fraction of sp³-hybridized carbons (Fsp3) is 0.778. The second kappa shape index (κ2) is 5.12. The molecule has 4 nitrogen and oxygen atoms in total. The summed E-state index contributed by atoms with van der Waals surface area (Å²) >= 11 is 3.67. The van der Waals surface area contributed by atoms with Crippen LogP contribution in [-0.4, -0.2) is 33.9 Å². The Morgan fingerprint density at radius 3 is 2.47 bits per heavy atom. The van der Waals surface area contributed by atoms with Gasteiger partial charge < -0.3 is 5.32 Å². The topological polar surface area (TPSA) is 50.7 Å². The quantitative estimate of drug-likeness (QED) is 0.463. The van der Waals surface area contributed by atoms with Crippen molar-refractivity contribution in [2.75, 3.05) is 7.05 Å². The van der Waals surface area contributed by atoms with E-state index in [0.717, 1.165) is 0 Å². The largest absolute Gasteiger partial charge is 0.433 e. The molecule has 0 aromatic heterocycles. The average Bonchev–Trinajstić information content (AvgIpc) is 2.41. The third kappa shape index (κ3) is 3.61. The van der Waals surface area contributed by atoms with Crippen LogP contribution in [0.1, 0.15) is 20.8 Å². The van der Waals surface area contributed by atoms with Gasteiger partial charge in [0.1, 0.15) is 0 Å². The van der Waals surface area contributed by atoms with Gasteiger partial charge in [0, 0.05) is 17.5 Å². The monoisotopic (exact) mass is 248 g/mol. The highest BCUT2D eigenvalue weighted by atomic mass is 32.2. The van der Waals surface area contributed by atoms with Gasteiger partial charge in [0.2, 0.25) is 0 Å². The summed E-state index contributed by atoms with van der Waals surface area (Å²) in [5.74, 6) is 0. The Kier molecular flexibility index (Phi) is 4.33. The lowest BCUT2D eigenvalue weighted by Crippen LogP contribution is -2.19. The van der Waals surface area contributed by atoms with Crippen molar-refractivity contribution in [3.05, 3.63) is 0 Å². The van der Waals surface area contributed by atoms with Gasteiger partial charge in [-0.25, -0.2) is 4.79 Å². The Bertz CT molecular complexity index is 261. The first-order chi connectivity index (χ1) is 6.97. The van der Waals surface area contributed by atoms with Crippen LogP contribution >= 0.6 is 23.5 Å². The molecule has 86 valence electrons. The van der Waals surface area contributed by atoms with Crippen LogP contribution in [0.5, 0.6) is 0 Å². The number of hydrogen-bond donors (Lipinski definition) is 1. The van der Waals surface area contributed by atoms with Crippen molar-refractivity contribution < 1.29 is 9.63 Å². The van der Waals surface area contributed by atoms with Crippen LogP contribution < -0.4 is 5.32 Å². The van der Waals surface area contributed by atoms with Crippen LogP contribution in [0.15, 0.2) is 5.16 Å².